The Hall–Kier alpha value is -1.84. The van der Waals surface area contributed by atoms with Crippen molar-refractivity contribution >= 4 is 0 Å². The van der Waals surface area contributed by atoms with Gasteiger partial charge in [-0.15, -0.1) is 6.42 Å². The molecule has 0 unspecified atom stereocenters. The molecule has 0 bridgehead atoms. The molecule has 18 heavy (non-hydrogen) atoms. The Morgan fingerprint density at radius 2 is 1.67 bits per heavy atom. The monoisotopic (exact) mass is 268 g/mol. The van der Waals surface area contributed by atoms with Crippen LogP contribution in [0.3, 0.4) is 0 Å². The minimum absolute atomic E-state index is 0.00808. The van der Waals surface area contributed by atoms with E-state index in [-0.39, 0.29) is 6.07 Å². The van der Waals surface area contributed by atoms with Crippen molar-refractivity contribution < 1.29 is 31.1 Å². The van der Waals surface area contributed by atoms with Crippen LogP contribution in [0.1, 0.15) is 11.1 Å². The Balaban J connectivity index is 3.27. The highest BCUT2D eigenvalue weighted by Crippen LogP contribution is 2.40. The first-order valence-corrected chi connectivity index (χ1v) is 4.51. The molecule has 1 rings (SSSR count). The number of hydrogen-bond acceptors (Lipinski definition) is 1. The predicted octanol–water partition coefficient (Wildman–Crippen LogP) is 3.74. The molecule has 1 aromatic carbocycles. The number of ether oxygens (including phenoxy) is 1. The van der Waals surface area contributed by atoms with Crippen molar-refractivity contribution in [3.63, 3.8) is 0 Å². The molecule has 0 aliphatic rings. The third-order valence-electron chi connectivity index (χ3n) is 1.92. The molecule has 7 heteroatoms. The summed E-state index contributed by atoms with van der Waals surface area (Å²) in [6.07, 6.45) is -5.01. The summed E-state index contributed by atoms with van der Waals surface area (Å²) < 4.78 is 79.1. The zero-order valence-corrected chi connectivity index (χ0v) is 8.69. The van der Waals surface area contributed by atoms with Crippen LogP contribution >= 0.6 is 0 Å². The second-order valence-corrected chi connectivity index (χ2v) is 3.20. The third-order valence-corrected chi connectivity index (χ3v) is 1.92. The van der Waals surface area contributed by atoms with Crippen LogP contribution in [0.25, 0.3) is 0 Å². The van der Waals surface area contributed by atoms with E-state index in [4.69, 9.17) is 6.42 Å². The van der Waals surface area contributed by atoms with Gasteiger partial charge in [0.05, 0.1) is 11.1 Å². The maximum Gasteiger partial charge on any atom is 0.419 e. The summed E-state index contributed by atoms with van der Waals surface area (Å²) >= 11 is 0. The molecule has 1 aromatic rings. The lowest BCUT2D eigenvalue weighted by Gasteiger charge is -2.15. The van der Waals surface area contributed by atoms with Crippen LogP contribution in [0.4, 0.5) is 26.3 Å². The normalized spacial score (nSPS) is 12.1. The minimum Gasteiger partial charge on any atom is -0.480 e. The standard InChI is InChI=1S/C11H6F6O/c1-2-5-18-9-4-3-7(10(12,13)14)6-8(9)11(15,16)17/h1,3-4,6H,5H2. The first kappa shape index (κ1) is 14.2. The van der Waals surface area contributed by atoms with Crippen molar-refractivity contribution in [1.29, 1.82) is 0 Å². The Morgan fingerprint density at radius 3 is 2.11 bits per heavy atom. The quantitative estimate of drug-likeness (QED) is 0.586. The summed E-state index contributed by atoms with van der Waals surface area (Å²) in [5, 5.41) is 0. The molecule has 1 nitrogen and oxygen atoms in total. The molecule has 0 atom stereocenters. The fourth-order valence-electron chi connectivity index (χ4n) is 1.17. The van der Waals surface area contributed by atoms with Gasteiger partial charge in [-0.2, -0.15) is 26.3 Å². The van der Waals surface area contributed by atoms with Crippen LogP contribution in [0.5, 0.6) is 5.75 Å². The van der Waals surface area contributed by atoms with Crippen molar-refractivity contribution in [3.8, 4) is 18.1 Å². The highest BCUT2D eigenvalue weighted by atomic mass is 19.4. The van der Waals surface area contributed by atoms with E-state index in [2.05, 4.69) is 4.74 Å². The second kappa shape index (κ2) is 4.80. The van der Waals surface area contributed by atoms with Crippen LogP contribution in [0.2, 0.25) is 0 Å². The molecule has 0 radical (unpaired) electrons. The smallest absolute Gasteiger partial charge is 0.419 e. The van der Waals surface area contributed by atoms with Crippen LogP contribution in [-0.4, -0.2) is 6.61 Å². The SMILES string of the molecule is C#CCOc1ccc(C(F)(F)F)cc1C(F)(F)F. The van der Waals surface area contributed by atoms with Gasteiger partial charge in [-0.3, -0.25) is 0 Å². The number of rotatable bonds is 2. The Bertz CT molecular complexity index is 466. The first-order valence-electron chi connectivity index (χ1n) is 4.51. The zero-order valence-electron chi connectivity index (χ0n) is 8.69. The lowest BCUT2D eigenvalue weighted by Crippen LogP contribution is -2.12. The lowest BCUT2D eigenvalue weighted by atomic mass is 10.1. The average molecular weight is 268 g/mol. The maximum absolute atomic E-state index is 12.5. The van der Waals surface area contributed by atoms with E-state index in [0.29, 0.717) is 12.1 Å². The molecule has 0 spiro atoms. The number of terminal acetylenes is 1. The van der Waals surface area contributed by atoms with Crippen LogP contribution in [-0.2, 0) is 12.4 Å². The summed E-state index contributed by atoms with van der Waals surface area (Å²) in [7, 11) is 0. The van der Waals surface area contributed by atoms with Gasteiger partial charge in [0.2, 0.25) is 0 Å². The van der Waals surface area contributed by atoms with Gasteiger partial charge in [-0.1, -0.05) is 5.92 Å². The van der Waals surface area contributed by atoms with Gasteiger partial charge in [0.25, 0.3) is 0 Å². The number of benzene rings is 1. The summed E-state index contributed by atoms with van der Waals surface area (Å²) in [5.41, 5.74) is -2.91. The van der Waals surface area contributed by atoms with E-state index in [0.717, 1.165) is 0 Å². The number of halogens is 6. The largest absolute Gasteiger partial charge is 0.480 e. The first-order chi connectivity index (χ1) is 8.16. The predicted molar refractivity (Wildman–Crippen MR) is 50.8 cm³/mol. The summed E-state index contributed by atoms with van der Waals surface area (Å²) in [6, 6.07) is 1.09. The van der Waals surface area contributed by atoms with Crippen molar-refractivity contribution in [2.45, 2.75) is 12.4 Å². The molecule has 0 saturated heterocycles. The highest BCUT2D eigenvalue weighted by Gasteiger charge is 2.38. The van der Waals surface area contributed by atoms with Crippen molar-refractivity contribution in [3.05, 3.63) is 29.3 Å². The number of alkyl halides is 6. The summed E-state index contributed by atoms with van der Waals surface area (Å²) in [6.45, 7) is -0.464. The fraction of sp³-hybridized carbons (Fsp3) is 0.273. The van der Waals surface area contributed by atoms with E-state index in [1.54, 1.807) is 0 Å². The lowest BCUT2D eigenvalue weighted by molar-refractivity contribution is -0.143. The third kappa shape index (κ3) is 3.32. The van der Waals surface area contributed by atoms with Gasteiger partial charge < -0.3 is 4.74 Å². The van der Waals surface area contributed by atoms with E-state index >= 15 is 0 Å². The molecule has 0 aromatic heterocycles. The van der Waals surface area contributed by atoms with Crippen LogP contribution < -0.4 is 4.74 Å². The molecule has 0 aliphatic heterocycles. The molecule has 0 fully saturated rings. The molecule has 0 N–H and O–H groups in total. The Kier molecular flexibility index (Phi) is 3.79. The highest BCUT2D eigenvalue weighted by molar-refractivity contribution is 5.40. The molecule has 0 amide bonds. The molecular weight excluding hydrogens is 262 g/mol. The molecule has 0 saturated carbocycles. The van der Waals surface area contributed by atoms with Gasteiger partial charge in [-0.25, -0.2) is 0 Å². The van der Waals surface area contributed by atoms with Crippen LogP contribution in [0.15, 0.2) is 18.2 Å². The van der Waals surface area contributed by atoms with Crippen LogP contribution in [0, 0.1) is 12.3 Å². The minimum atomic E-state index is -4.95. The topological polar surface area (TPSA) is 9.23 Å². The van der Waals surface area contributed by atoms with Gasteiger partial charge >= 0.3 is 12.4 Å². The molecular formula is C11H6F6O. The van der Waals surface area contributed by atoms with Gasteiger partial charge in [0, 0.05) is 0 Å². The average Bonchev–Trinajstić information content (AvgIpc) is 2.23. The Labute approximate surface area is 98.4 Å². The van der Waals surface area contributed by atoms with E-state index < -0.39 is 35.8 Å². The molecule has 0 aliphatic carbocycles. The van der Waals surface area contributed by atoms with Gasteiger partial charge in [0.15, 0.2) is 0 Å². The fourth-order valence-corrected chi connectivity index (χ4v) is 1.17. The van der Waals surface area contributed by atoms with Gasteiger partial charge in [-0.05, 0) is 18.2 Å². The van der Waals surface area contributed by atoms with E-state index in [1.807, 2.05) is 5.92 Å². The molecule has 0 heterocycles. The van der Waals surface area contributed by atoms with E-state index in [1.165, 1.54) is 0 Å². The van der Waals surface area contributed by atoms with Gasteiger partial charge in [0.1, 0.15) is 12.4 Å². The molecule has 98 valence electrons. The van der Waals surface area contributed by atoms with Crippen molar-refractivity contribution in [2.75, 3.05) is 6.61 Å². The van der Waals surface area contributed by atoms with E-state index in [9.17, 15) is 26.3 Å². The van der Waals surface area contributed by atoms with Crippen molar-refractivity contribution in [1.82, 2.24) is 0 Å². The second-order valence-electron chi connectivity index (χ2n) is 3.20. The summed E-state index contributed by atoms with van der Waals surface area (Å²) in [5.74, 6) is 1.20. The maximum atomic E-state index is 12.5. The summed E-state index contributed by atoms with van der Waals surface area (Å²) in [4.78, 5) is 0. The van der Waals surface area contributed by atoms with Crippen molar-refractivity contribution in [2.24, 2.45) is 0 Å². The zero-order chi connectivity index (χ0) is 14.0. The Morgan fingerprint density at radius 1 is 1.06 bits per heavy atom. The number of hydrogen-bond donors (Lipinski definition) is 0.